The first-order valence-electron chi connectivity index (χ1n) is 10.00. The van der Waals surface area contributed by atoms with Gasteiger partial charge in [-0.2, -0.15) is 0 Å². The number of nitrogens with one attached hydrogen (secondary N) is 1. The van der Waals surface area contributed by atoms with Crippen molar-refractivity contribution >= 4 is 24.2 Å². The van der Waals surface area contributed by atoms with E-state index in [4.69, 9.17) is 23.7 Å². The Labute approximate surface area is 193 Å². The average molecular weight is 466 g/mol. The van der Waals surface area contributed by atoms with Crippen LogP contribution >= 0.6 is 12.4 Å². The van der Waals surface area contributed by atoms with Gasteiger partial charge in [0.05, 0.1) is 20.8 Å². The number of Topliss-reactive ketones (excluding diaryl/α,β-unsaturated/α-hetero) is 1. The minimum absolute atomic E-state index is 0. The van der Waals surface area contributed by atoms with Crippen molar-refractivity contribution in [3.63, 3.8) is 0 Å². The summed E-state index contributed by atoms with van der Waals surface area (Å²) in [5.41, 5.74) is 1.95. The monoisotopic (exact) mass is 465 g/mol. The molecule has 1 heterocycles. The lowest BCUT2D eigenvalue weighted by molar-refractivity contribution is 0.0518. The van der Waals surface area contributed by atoms with Gasteiger partial charge in [-0.25, -0.2) is 4.79 Å². The molecule has 2 aromatic carbocycles. The molecule has 0 aromatic heterocycles. The first-order valence-corrected chi connectivity index (χ1v) is 10.00. The predicted octanol–water partition coefficient (Wildman–Crippen LogP) is 3.74. The van der Waals surface area contributed by atoms with Crippen molar-refractivity contribution in [2.24, 2.45) is 0 Å². The normalized spacial score (nSPS) is 12.5. The van der Waals surface area contributed by atoms with E-state index >= 15 is 0 Å². The van der Waals surface area contributed by atoms with Crippen LogP contribution in [0.4, 0.5) is 0 Å². The minimum Gasteiger partial charge on any atom is -0.493 e. The van der Waals surface area contributed by atoms with E-state index in [2.05, 4.69) is 5.32 Å². The molecule has 0 spiro atoms. The smallest absolute Gasteiger partial charge is 0.342 e. The third kappa shape index (κ3) is 4.92. The van der Waals surface area contributed by atoms with Crippen LogP contribution < -0.4 is 24.3 Å². The third-order valence-electron chi connectivity index (χ3n) is 5.21. The number of hydrogen-bond donors (Lipinski definition) is 1. The highest BCUT2D eigenvalue weighted by Crippen LogP contribution is 2.38. The molecule has 1 unspecified atom stereocenters. The Bertz CT molecular complexity index is 993. The maximum atomic E-state index is 13.4. The highest BCUT2D eigenvalue weighted by atomic mass is 35.5. The zero-order valence-corrected chi connectivity index (χ0v) is 19.6. The molecule has 3 rings (SSSR count). The molecule has 0 radical (unpaired) electrons. The molecule has 0 aliphatic carbocycles. The number of rotatable bonds is 9. The van der Waals surface area contributed by atoms with Gasteiger partial charge in [0, 0.05) is 18.0 Å². The molecule has 8 nitrogen and oxygen atoms in total. The van der Waals surface area contributed by atoms with Crippen LogP contribution in [0.1, 0.15) is 51.7 Å². The Balaban J connectivity index is 0.00000363. The van der Waals surface area contributed by atoms with Gasteiger partial charge in [-0.1, -0.05) is 0 Å². The summed E-state index contributed by atoms with van der Waals surface area (Å²) in [5.74, 6) is 0.846. The first kappa shape index (κ1) is 25.3. The SMILES string of the molecule is CCOC(=O)c1c(C(=O)Cc2cc3c(cc2C(C)NC)OCO3)ccc(OC)c1OC.Cl. The van der Waals surface area contributed by atoms with Gasteiger partial charge in [-0.15, -0.1) is 12.4 Å². The molecular weight excluding hydrogens is 438 g/mol. The number of halogens is 1. The second-order valence-corrected chi connectivity index (χ2v) is 6.96. The summed E-state index contributed by atoms with van der Waals surface area (Å²) < 4.78 is 26.8. The topological polar surface area (TPSA) is 92.3 Å². The molecule has 32 heavy (non-hydrogen) atoms. The van der Waals surface area contributed by atoms with Gasteiger partial charge in [-0.3, -0.25) is 4.79 Å². The lowest BCUT2D eigenvalue weighted by atomic mass is 9.92. The van der Waals surface area contributed by atoms with E-state index in [1.54, 1.807) is 19.1 Å². The van der Waals surface area contributed by atoms with Crippen molar-refractivity contribution in [1.29, 1.82) is 0 Å². The lowest BCUT2D eigenvalue weighted by Gasteiger charge is -2.18. The van der Waals surface area contributed by atoms with Crippen LogP contribution in [0.3, 0.4) is 0 Å². The molecule has 1 N–H and O–H groups in total. The Kier molecular flexibility index (Phi) is 8.74. The molecule has 0 bridgehead atoms. The van der Waals surface area contributed by atoms with E-state index in [-0.39, 0.29) is 60.9 Å². The molecule has 0 fully saturated rings. The van der Waals surface area contributed by atoms with Crippen LogP contribution in [0.2, 0.25) is 0 Å². The fourth-order valence-electron chi connectivity index (χ4n) is 3.54. The number of ketones is 1. The summed E-state index contributed by atoms with van der Waals surface area (Å²) in [6, 6.07) is 6.84. The molecule has 9 heteroatoms. The Morgan fingerprint density at radius 2 is 1.81 bits per heavy atom. The van der Waals surface area contributed by atoms with Gasteiger partial charge >= 0.3 is 5.97 Å². The van der Waals surface area contributed by atoms with Gasteiger partial charge in [0.1, 0.15) is 5.56 Å². The fraction of sp³-hybridized carbons (Fsp3) is 0.391. The van der Waals surface area contributed by atoms with Crippen LogP contribution in [0.25, 0.3) is 0 Å². The van der Waals surface area contributed by atoms with E-state index in [1.807, 2.05) is 26.1 Å². The second kappa shape index (κ2) is 11.1. The van der Waals surface area contributed by atoms with Crippen LogP contribution in [0.5, 0.6) is 23.0 Å². The zero-order valence-electron chi connectivity index (χ0n) is 18.8. The molecule has 0 amide bonds. The van der Waals surface area contributed by atoms with Crippen molar-refractivity contribution in [2.75, 3.05) is 34.7 Å². The maximum Gasteiger partial charge on any atom is 0.342 e. The first-order chi connectivity index (χ1) is 14.9. The number of ether oxygens (including phenoxy) is 5. The van der Waals surface area contributed by atoms with Gasteiger partial charge < -0.3 is 29.0 Å². The van der Waals surface area contributed by atoms with Gasteiger partial charge in [0.25, 0.3) is 0 Å². The van der Waals surface area contributed by atoms with Crippen molar-refractivity contribution in [1.82, 2.24) is 5.32 Å². The molecule has 2 aromatic rings. The van der Waals surface area contributed by atoms with Gasteiger partial charge in [0.15, 0.2) is 28.8 Å². The number of methoxy groups -OCH3 is 2. The van der Waals surface area contributed by atoms with Crippen molar-refractivity contribution in [3.05, 3.63) is 46.5 Å². The highest BCUT2D eigenvalue weighted by Gasteiger charge is 2.28. The van der Waals surface area contributed by atoms with Crippen molar-refractivity contribution in [3.8, 4) is 23.0 Å². The number of benzene rings is 2. The van der Waals surface area contributed by atoms with E-state index in [1.165, 1.54) is 14.2 Å². The van der Waals surface area contributed by atoms with E-state index in [9.17, 15) is 9.59 Å². The molecule has 0 saturated carbocycles. The molecular formula is C23H28ClNO7. The Hall–Kier alpha value is -2.97. The van der Waals surface area contributed by atoms with Gasteiger partial charge in [-0.05, 0) is 56.3 Å². The van der Waals surface area contributed by atoms with E-state index < -0.39 is 5.97 Å². The highest BCUT2D eigenvalue weighted by molar-refractivity contribution is 6.09. The Morgan fingerprint density at radius 3 is 2.41 bits per heavy atom. The van der Waals surface area contributed by atoms with Crippen LogP contribution in [-0.4, -0.2) is 46.4 Å². The summed E-state index contributed by atoms with van der Waals surface area (Å²) >= 11 is 0. The fourth-order valence-corrected chi connectivity index (χ4v) is 3.54. The summed E-state index contributed by atoms with van der Waals surface area (Å²) in [4.78, 5) is 26.1. The van der Waals surface area contributed by atoms with Crippen molar-refractivity contribution in [2.45, 2.75) is 26.3 Å². The third-order valence-corrected chi connectivity index (χ3v) is 5.21. The summed E-state index contributed by atoms with van der Waals surface area (Å²) in [6.45, 7) is 4.00. The van der Waals surface area contributed by atoms with Gasteiger partial charge in [0.2, 0.25) is 6.79 Å². The summed E-state index contributed by atoms with van der Waals surface area (Å²) in [5, 5.41) is 3.19. The number of fused-ring (bicyclic) bond motifs is 1. The van der Waals surface area contributed by atoms with Crippen LogP contribution in [0.15, 0.2) is 24.3 Å². The largest absolute Gasteiger partial charge is 0.493 e. The van der Waals surface area contributed by atoms with E-state index in [0.717, 1.165) is 11.1 Å². The summed E-state index contributed by atoms with van der Waals surface area (Å²) in [6.07, 6.45) is 0.0554. The van der Waals surface area contributed by atoms with Crippen molar-refractivity contribution < 1.29 is 33.3 Å². The van der Waals surface area contributed by atoms with Crippen LogP contribution in [0, 0.1) is 0 Å². The molecule has 1 aliphatic heterocycles. The zero-order chi connectivity index (χ0) is 22.5. The molecule has 1 aliphatic rings. The van der Waals surface area contributed by atoms with Crippen LogP contribution in [-0.2, 0) is 11.2 Å². The maximum absolute atomic E-state index is 13.4. The minimum atomic E-state index is -0.642. The lowest BCUT2D eigenvalue weighted by Crippen LogP contribution is -2.18. The average Bonchev–Trinajstić information content (AvgIpc) is 3.24. The quantitative estimate of drug-likeness (QED) is 0.442. The van der Waals surface area contributed by atoms with E-state index in [0.29, 0.717) is 17.2 Å². The second-order valence-electron chi connectivity index (χ2n) is 6.96. The molecule has 1 atom stereocenters. The summed E-state index contributed by atoms with van der Waals surface area (Å²) in [7, 11) is 4.72. The number of hydrogen-bond acceptors (Lipinski definition) is 8. The number of esters is 1. The molecule has 0 saturated heterocycles. The number of carbonyl (C=O) groups excluding carboxylic acids is 2. The standard InChI is InChI=1S/C23H27NO7.ClH/c1-6-29-23(26)21-15(7-8-18(27-4)22(21)28-5)17(25)9-14-10-19-20(31-12-30-19)11-16(14)13(2)24-3;/h7-8,10-11,13,24H,6,9,12H2,1-5H3;1H. The molecule has 174 valence electrons. The number of carbonyl (C=O) groups is 2. The predicted molar refractivity (Wildman–Crippen MR) is 121 cm³/mol. The Morgan fingerprint density at radius 1 is 1.12 bits per heavy atom.